The third kappa shape index (κ3) is 5.35. The van der Waals surface area contributed by atoms with Crippen LogP contribution in [0.1, 0.15) is 11.1 Å². The van der Waals surface area contributed by atoms with Crippen molar-refractivity contribution in [2.75, 3.05) is 13.3 Å². The Morgan fingerprint density at radius 2 is 1.12 bits per heavy atom. The van der Waals surface area contributed by atoms with E-state index in [0.717, 1.165) is 44.4 Å². The summed E-state index contributed by atoms with van der Waals surface area (Å²) in [4.78, 5) is 14.2. The monoisotopic (exact) mass is 366 g/mol. The molecule has 1 nitrogen and oxygen atoms in total. The number of Topliss-reactive ketones (excluding diaryl/α,β-unsaturated/α-hetero) is 1. The van der Waals surface area contributed by atoms with E-state index in [4.69, 9.17) is 0 Å². The number of rotatable bonds is 8. The number of ketones is 1. The van der Waals surface area contributed by atoms with Crippen molar-refractivity contribution in [1.29, 1.82) is 0 Å². The number of hydrogen-bond donors (Lipinski definition) is 0. The normalized spacial score (nSPS) is 13.5. The van der Waals surface area contributed by atoms with Crippen molar-refractivity contribution in [2.45, 2.75) is 34.1 Å². The van der Waals surface area contributed by atoms with Gasteiger partial charge in [0.15, 0.2) is 5.78 Å². The largest absolute Gasteiger partial charge is 0.297 e. The summed E-state index contributed by atoms with van der Waals surface area (Å²) in [7, 11) is 0. The lowest BCUT2D eigenvalue weighted by Gasteiger charge is -2.18. The van der Waals surface area contributed by atoms with Crippen LogP contribution in [0.25, 0.3) is 0 Å². The molecule has 2 aromatic carbocycles. The van der Waals surface area contributed by atoms with Gasteiger partial charge in [0.05, 0.1) is 10.5 Å². The number of thioether (sulfide) groups is 2. The molecule has 24 heavy (non-hydrogen) atoms. The molecule has 0 amide bonds. The Kier molecular flexibility index (Phi) is 7.31. The summed E-state index contributed by atoms with van der Waals surface area (Å²) in [5.74, 6) is -0.392. The maximum atomic E-state index is 13.4. The molecule has 0 radical (unpaired) electrons. The molecule has 0 aliphatic carbocycles. The highest BCUT2D eigenvalue weighted by atomic mass is 32.2. The zero-order valence-electron chi connectivity index (χ0n) is 13.7. The molecular formula is C19H20F2OS2. The van der Waals surface area contributed by atoms with Crippen molar-refractivity contribution >= 4 is 29.3 Å². The lowest BCUT2D eigenvalue weighted by molar-refractivity contribution is -0.118. The van der Waals surface area contributed by atoms with E-state index in [0.29, 0.717) is 0 Å². The lowest BCUT2D eigenvalue weighted by Crippen LogP contribution is -2.31. The number of benzene rings is 2. The second kappa shape index (κ2) is 9.23. The molecule has 0 saturated heterocycles. The van der Waals surface area contributed by atoms with Gasteiger partial charge in [0.1, 0.15) is 13.3 Å². The van der Waals surface area contributed by atoms with E-state index in [9.17, 15) is 13.6 Å². The third-order valence-corrected chi connectivity index (χ3v) is 5.89. The first-order chi connectivity index (χ1) is 11.5. The van der Waals surface area contributed by atoms with Gasteiger partial charge in [-0.25, -0.2) is 8.78 Å². The minimum atomic E-state index is -0.883. The maximum absolute atomic E-state index is 13.4. The number of alkyl halides is 2. The smallest absolute Gasteiger partial charge is 0.164 e. The first-order valence-electron chi connectivity index (χ1n) is 7.65. The standard InChI is InChI=1S/C19H20F2OS2/c1-13-3-7-15(8-4-13)23-17(11-20)19(22)18(12-21)24-16-9-5-14(2)6-10-16/h3-10,17-18H,11-12H2,1-2H3. The average molecular weight is 366 g/mol. The molecular weight excluding hydrogens is 346 g/mol. The minimum absolute atomic E-state index is 0.392. The van der Waals surface area contributed by atoms with E-state index in [2.05, 4.69) is 0 Å². The van der Waals surface area contributed by atoms with Gasteiger partial charge >= 0.3 is 0 Å². The number of aryl methyl sites for hydroxylation is 2. The molecule has 2 atom stereocenters. The molecule has 0 aromatic heterocycles. The number of carbonyl (C=O) groups is 1. The second-order valence-electron chi connectivity index (χ2n) is 5.55. The van der Waals surface area contributed by atoms with Gasteiger partial charge in [0.25, 0.3) is 0 Å². The molecule has 0 spiro atoms. The van der Waals surface area contributed by atoms with Crippen LogP contribution in [0.3, 0.4) is 0 Å². The van der Waals surface area contributed by atoms with Crippen LogP contribution >= 0.6 is 23.5 Å². The highest BCUT2D eigenvalue weighted by molar-refractivity contribution is 8.02. The van der Waals surface area contributed by atoms with Crippen LogP contribution in [-0.4, -0.2) is 29.6 Å². The molecule has 0 aliphatic rings. The van der Waals surface area contributed by atoms with Gasteiger partial charge in [0.2, 0.25) is 0 Å². The molecule has 2 unspecified atom stereocenters. The molecule has 0 bridgehead atoms. The molecule has 0 N–H and O–H groups in total. The number of hydrogen-bond acceptors (Lipinski definition) is 3. The SMILES string of the molecule is Cc1ccc(SC(CF)C(=O)C(CF)Sc2ccc(C)cc2)cc1. The van der Waals surface area contributed by atoms with Crippen LogP contribution in [0, 0.1) is 13.8 Å². The van der Waals surface area contributed by atoms with Crippen LogP contribution in [0.5, 0.6) is 0 Å². The zero-order valence-corrected chi connectivity index (χ0v) is 15.3. The van der Waals surface area contributed by atoms with Crippen molar-refractivity contribution in [3.05, 3.63) is 59.7 Å². The van der Waals surface area contributed by atoms with E-state index in [-0.39, 0.29) is 0 Å². The topological polar surface area (TPSA) is 17.1 Å². The Labute approximate surface area is 150 Å². The Morgan fingerprint density at radius 3 is 1.42 bits per heavy atom. The quantitative estimate of drug-likeness (QED) is 0.580. The summed E-state index contributed by atoms with van der Waals surface area (Å²) >= 11 is 2.32. The molecule has 0 fully saturated rings. The Hall–Kier alpha value is -1.33. The van der Waals surface area contributed by atoms with Gasteiger partial charge in [-0.05, 0) is 38.1 Å². The predicted molar refractivity (Wildman–Crippen MR) is 98.6 cm³/mol. The van der Waals surface area contributed by atoms with E-state index in [1.165, 1.54) is 0 Å². The highest BCUT2D eigenvalue weighted by Gasteiger charge is 2.29. The minimum Gasteiger partial charge on any atom is -0.297 e. The van der Waals surface area contributed by atoms with E-state index >= 15 is 0 Å². The number of carbonyl (C=O) groups excluding carboxylic acids is 1. The van der Waals surface area contributed by atoms with Crippen LogP contribution in [-0.2, 0) is 4.79 Å². The van der Waals surface area contributed by atoms with Gasteiger partial charge in [0, 0.05) is 9.79 Å². The van der Waals surface area contributed by atoms with Crippen LogP contribution < -0.4 is 0 Å². The molecule has 0 saturated carbocycles. The van der Waals surface area contributed by atoms with Crippen LogP contribution in [0.4, 0.5) is 8.78 Å². The molecule has 0 heterocycles. The Morgan fingerprint density at radius 1 is 0.792 bits per heavy atom. The fourth-order valence-corrected chi connectivity index (χ4v) is 4.12. The second-order valence-corrected chi connectivity index (χ2v) is 8.10. The van der Waals surface area contributed by atoms with Crippen molar-refractivity contribution in [3.8, 4) is 0 Å². The van der Waals surface area contributed by atoms with E-state index < -0.39 is 29.6 Å². The summed E-state index contributed by atoms with van der Waals surface area (Å²) in [5.41, 5.74) is 2.19. The molecule has 2 rings (SSSR count). The molecule has 2 aromatic rings. The summed E-state index contributed by atoms with van der Waals surface area (Å²) in [6.45, 7) is 2.32. The third-order valence-electron chi connectivity index (χ3n) is 3.51. The first-order valence-corrected chi connectivity index (χ1v) is 9.41. The van der Waals surface area contributed by atoms with Crippen molar-refractivity contribution in [1.82, 2.24) is 0 Å². The lowest BCUT2D eigenvalue weighted by atomic mass is 10.2. The summed E-state index contributed by atoms with van der Waals surface area (Å²) < 4.78 is 26.8. The van der Waals surface area contributed by atoms with E-state index in [1.807, 2.05) is 62.4 Å². The summed E-state index contributed by atoms with van der Waals surface area (Å²) in [6.07, 6.45) is 0. The van der Waals surface area contributed by atoms with E-state index in [1.54, 1.807) is 0 Å². The average Bonchev–Trinajstić information content (AvgIpc) is 2.60. The Bertz CT molecular complexity index is 599. The van der Waals surface area contributed by atoms with Gasteiger partial charge in [-0.3, -0.25) is 4.79 Å². The summed E-state index contributed by atoms with van der Waals surface area (Å²) in [6, 6.07) is 15.1. The zero-order chi connectivity index (χ0) is 17.5. The summed E-state index contributed by atoms with van der Waals surface area (Å²) in [5, 5.41) is -1.77. The fourth-order valence-electron chi connectivity index (χ4n) is 2.10. The molecule has 128 valence electrons. The van der Waals surface area contributed by atoms with Crippen LogP contribution in [0.15, 0.2) is 58.3 Å². The Balaban J connectivity index is 2.06. The van der Waals surface area contributed by atoms with Gasteiger partial charge in [-0.2, -0.15) is 0 Å². The van der Waals surface area contributed by atoms with Crippen molar-refractivity contribution in [3.63, 3.8) is 0 Å². The highest BCUT2D eigenvalue weighted by Crippen LogP contribution is 2.31. The van der Waals surface area contributed by atoms with Crippen molar-refractivity contribution < 1.29 is 13.6 Å². The van der Waals surface area contributed by atoms with Crippen LogP contribution in [0.2, 0.25) is 0 Å². The molecule has 0 aliphatic heterocycles. The van der Waals surface area contributed by atoms with Gasteiger partial charge in [-0.15, -0.1) is 23.5 Å². The molecule has 5 heteroatoms. The maximum Gasteiger partial charge on any atom is 0.164 e. The van der Waals surface area contributed by atoms with Crippen molar-refractivity contribution in [2.24, 2.45) is 0 Å². The van der Waals surface area contributed by atoms with Gasteiger partial charge < -0.3 is 0 Å². The number of halogens is 2. The predicted octanol–water partition coefficient (Wildman–Crippen LogP) is 5.43. The van der Waals surface area contributed by atoms with Gasteiger partial charge in [-0.1, -0.05) is 35.4 Å². The first kappa shape index (κ1) is 19.0. The fraction of sp³-hybridized carbons (Fsp3) is 0.316.